The molecule has 7 heteroatoms. The van der Waals surface area contributed by atoms with Gasteiger partial charge in [-0.15, -0.1) is 0 Å². The fourth-order valence-electron chi connectivity index (χ4n) is 4.48. The van der Waals surface area contributed by atoms with Gasteiger partial charge in [-0.2, -0.15) is 5.10 Å². The number of amides is 1. The van der Waals surface area contributed by atoms with E-state index in [4.69, 9.17) is 4.74 Å². The lowest BCUT2D eigenvalue weighted by molar-refractivity contribution is -0.139. The number of pyridine rings is 1. The number of morpholine rings is 1. The molecule has 1 saturated heterocycles. The maximum atomic E-state index is 13.6. The Morgan fingerprint density at radius 2 is 2.00 bits per heavy atom. The zero-order valence-corrected chi connectivity index (χ0v) is 16.1. The largest absolute Gasteiger partial charge is 0.379 e. The Balaban J connectivity index is 1.37. The van der Waals surface area contributed by atoms with Crippen LogP contribution in [0.1, 0.15) is 47.3 Å². The van der Waals surface area contributed by atoms with Gasteiger partial charge >= 0.3 is 0 Å². The van der Waals surface area contributed by atoms with Crippen molar-refractivity contribution in [1.29, 1.82) is 0 Å². The highest BCUT2D eigenvalue weighted by Crippen LogP contribution is 2.41. The lowest BCUT2D eigenvalue weighted by atomic mass is 10.0. The SMILES string of the molecule is O=C(C(c1cccnc1)N1CCOCC1)N1CCc2[nH]nc(C3CC3)c2CC1. The zero-order valence-electron chi connectivity index (χ0n) is 16.1. The van der Waals surface area contributed by atoms with E-state index in [1.807, 2.05) is 23.2 Å². The van der Waals surface area contributed by atoms with Crippen molar-refractivity contribution in [1.82, 2.24) is 25.0 Å². The summed E-state index contributed by atoms with van der Waals surface area (Å²) in [7, 11) is 0. The van der Waals surface area contributed by atoms with Gasteiger partial charge in [-0.25, -0.2) is 0 Å². The average molecular weight is 381 g/mol. The van der Waals surface area contributed by atoms with E-state index in [-0.39, 0.29) is 11.9 Å². The second-order valence-corrected chi connectivity index (χ2v) is 8.00. The Hall–Kier alpha value is -2.25. The summed E-state index contributed by atoms with van der Waals surface area (Å²) < 4.78 is 5.51. The molecule has 1 unspecified atom stereocenters. The van der Waals surface area contributed by atoms with E-state index in [1.54, 1.807) is 6.20 Å². The third-order valence-electron chi connectivity index (χ3n) is 6.17. The van der Waals surface area contributed by atoms with Crippen LogP contribution in [-0.4, -0.2) is 70.3 Å². The molecule has 1 aliphatic carbocycles. The van der Waals surface area contributed by atoms with Gasteiger partial charge in [0.15, 0.2) is 0 Å². The number of carbonyl (C=O) groups is 1. The molecular weight excluding hydrogens is 354 g/mol. The van der Waals surface area contributed by atoms with E-state index in [9.17, 15) is 4.79 Å². The van der Waals surface area contributed by atoms with Crippen molar-refractivity contribution in [3.8, 4) is 0 Å². The lowest BCUT2D eigenvalue weighted by Gasteiger charge is -2.36. The quantitative estimate of drug-likeness (QED) is 0.872. The van der Waals surface area contributed by atoms with Crippen molar-refractivity contribution in [2.75, 3.05) is 39.4 Å². The Morgan fingerprint density at radius 3 is 2.75 bits per heavy atom. The Kier molecular flexibility index (Phi) is 4.86. The van der Waals surface area contributed by atoms with Crippen LogP contribution in [0.4, 0.5) is 0 Å². The minimum atomic E-state index is -0.282. The molecule has 4 heterocycles. The minimum Gasteiger partial charge on any atom is -0.379 e. The van der Waals surface area contributed by atoms with Gasteiger partial charge in [0.05, 0.1) is 18.9 Å². The molecule has 2 fully saturated rings. The second-order valence-electron chi connectivity index (χ2n) is 8.00. The predicted octanol–water partition coefficient (Wildman–Crippen LogP) is 1.68. The van der Waals surface area contributed by atoms with Crippen LogP contribution in [0.15, 0.2) is 24.5 Å². The Morgan fingerprint density at radius 1 is 1.18 bits per heavy atom. The van der Waals surface area contributed by atoms with Gasteiger partial charge in [0, 0.05) is 56.6 Å². The molecule has 1 N–H and O–H groups in total. The number of aromatic amines is 1. The van der Waals surface area contributed by atoms with E-state index in [1.165, 1.54) is 29.8 Å². The molecule has 2 aromatic rings. The molecule has 1 amide bonds. The van der Waals surface area contributed by atoms with Gasteiger partial charge in [-0.1, -0.05) is 6.07 Å². The zero-order chi connectivity index (χ0) is 18.9. The smallest absolute Gasteiger partial charge is 0.244 e. The number of ether oxygens (including phenoxy) is 1. The predicted molar refractivity (Wildman–Crippen MR) is 104 cm³/mol. The van der Waals surface area contributed by atoms with Gasteiger partial charge in [-0.3, -0.25) is 19.8 Å². The fourth-order valence-corrected chi connectivity index (χ4v) is 4.48. The van der Waals surface area contributed by atoms with Gasteiger partial charge in [-0.05, 0) is 36.5 Å². The number of carbonyl (C=O) groups excluding carboxylic acids is 1. The lowest BCUT2D eigenvalue weighted by Crippen LogP contribution is -2.47. The number of H-pyrrole nitrogens is 1. The number of fused-ring (bicyclic) bond motifs is 1. The van der Waals surface area contributed by atoms with Gasteiger partial charge < -0.3 is 9.64 Å². The summed E-state index contributed by atoms with van der Waals surface area (Å²) in [6.07, 6.45) is 7.83. The van der Waals surface area contributed by atoms with Crippen molar-refractivity contribution in [3.63, 3.8) is 0 Å². The average Bonchev–Trinajstić information content (AvgIpc) is 3.54. The number of nitrogens with zero attached hydrogens (tertiary/aromatic N) is 4. The molecule has 0 radical (unpaired) electrons. The molecule has 0 spiro atoms. The van der Waals surface area contributed by atoms with E-state index in [2.05, 4.69) is 20.1 Å². The molecule has 148 valence electrons. The highest BCUT2D eigenvalue weighted by atomic mass is 16.5. The molecule has 0 bridgehead atoms. The number of aromatic nitrogens is 3. The first-order valence-electron chi connectivity index (χ1n) is 10.4. The van der Waals surface area contributed by atoms with Crippen molar-refractivity contribution in [3.05, 3.63) is 47.0 Å². The number of hydrogen-bond donors (Lipinski definition) is 1. The van der Waals surface area contributed by atoms with Gasteiger partial charge in [0.25, 0.3) is 0 Å². The molecule has 28 heavy (non-hydrogen) atoms. The van der Waals surface area contributed by atoms with Crippen molar-refractivity contribution in [2.45, 2.75) is 37.6 Å². The molecule has 2 aliphatic heterocycles. The maximum absolute atomic E-state index is 13.6. The fraction of sp³-hybridized carbons (Fsp3) is 0.571. The van der Waals surface area contributed by atoms with Crippen LogP contribution >= 0.6 is 0 Å². The summed E-state index contributed by atoms with van der Waals surface area (Å²) in [5, 5.41) is 7.82. The highest BCUT2D eigenvalue weighted by Gasteiger charge is 2.35. The van der Waals surface area contributed by atoms with E-state index in [0.29, 0.717) is 19.1 Å². The molecule has 7 nitrogen and oxygen atoms in total. The minimum absolute atomic E-state index is 0.181. The first kappa shape index (κ1) is 17.8. The molecule has 2 aromatic heterocycles. The van der Waals surface area contributed by atoms with Crippen molar-refractivity contribution < 1.29 is 9.53 Å². The van der Waals surface area contributed by atoms with Crippen LogP contribution in [0.5, 0.6) is 0 Å². The highest BCUT2D eigenvalue weighted by molar-refractivity contribution is 5.83. The molecule has 5 rings (SSSR count). The van der Waals surface area contributed by atoms with Crippen LogP contribution in [0.25, 0.3) is 0 Å². The van der Waals surface area contributed by atoms with Crippen LogP contribution in [-0.2, 0) is 22.4 Å². The standard InChI is InChI=1S/C21H27N5O2/c27-21(20(16-2-1-7-22-14-16)25-10-12-28-13-11-25)26-8-5-17-18(6-9-26)23-24-19(17)15-3-4-15/h1-2,7,14-15,20H,3-6,8-13H2,(H,23,24). The summed E-state index contributed by atoms with van der Waals surface area (Å²) >= 11 is 0. The van der Waals surface area contributed by atoms with Crippen LogP contribution < -0.4 is 0 Å². The van der Waals surface area contributed by atoms with Crippen LogP contribution in [0, 0.1) is 0 Å². The number of nitrogens with one attached hydrogen (secondary N) is 1. The molecular formula is C21H27N5O2. The summed E-state index contributed by atoms with van der Waals surface area (Å²) in [5.41, 5.74) is 4.81. The monoisotopic (exact) mass is 381 g/mol. The maximum Gasteiger partial charge on any atom is 0.244 e. The van der Waals surface area contributed by atoms with Gasteiger partial charge in [0.2, 0.25) is 5.91 Å². The van der Waals surface area contributed by atoms with Crippen LogP contribution in [0.2, 0.25) is 0 Å². The van der Waals surface area contributed by atoms with Crippen LogP contribution in [0.3, 0.4) is 0 Å². The topological polar surface area (TPSA) is 74.4 Å². The Labute approximate surface area is 165 Å². The van der Waals surface area contributed by atoms with E-state index in [0.717, 1.165) is 44.6 Å². The van der Waals surface area contributed by atoms with Gasteiger partial charge in [0.1, 0.15) is 6.04 Å². The summed E-state index contributed by atoms with van der Waals surface area (Å²) in [6.45, 7) is 4.38. The summed E-state index contributed by atoms with van der Waals surface area (Å²) in [4.78, 5) is 22.2. The van der Waals surface area contributed by atoms with E-state index >= 15 is 0 Å². The number of hydrogen-bond acceptors (Lipinski definition) is 5. The molecule has 1 saturated carbocycles. The summed E-state index contributed by atoms with van der Waals surface area (Å²) in [6, 6.07) is 3.65. The Bertz CT molecular complexity index is 827. The van der Waals surface area contributed by atoms with E-state index < -0.39 is 0 Å². The third kappa shape index (κ3) is 3.44. The molecule has 0 aromatic carbocycles. The first-order valence-corrected chi connectivity index (χ1v) is 10.4. The third-order valence-corrected chi connectivity index (χ3v) is 6.17. The van der Waals surface area contributed by atoms with Crippen molar-refractivity contribution >= 4 is 5.91 Å². The summed E-state index contributed by atoms with van der Waals surface area (Å²) in [5.74, 6) is 0.819. The van der Waals surface area contributed by atoms with Crippen molar-refractivity contribution in [2.24, 2.45) is 0 Å². The molecule has 1 atom stereocenters. The normalized spacial score (nSPS) is 21.8. The first-order chi connectivity index (χ1) is 13.8. The molecule has 3 aliphatic rings. The number of rotatable bonds is 4. The second kappa shape index (κ2) is 7.64.